The van der Waals surface area contributed by atoms with Crippen molar-refractivity contribution in [2.75, 3.05) is 6.61 Å². The van der Waals surface area contributed by atoms with E-state index in [4.69, 9.17) is 9.72 Å². The summed E-state index contributed by atoms with van der Waals surface area (Å²) < 4.78 is 39.2. The van der Waals surface area contributed by atoms with E-state index in [1.807, 2.05) is 10.9 Å². The van der Waals surface area contributed by atoms with Crippen LogP contribution in [-0.2, 0) is 11.8 Å². The number of halogens is 2. The second-order valence-electron chi connectivity index (χ2n) is 9.18. The van der Waals surface area contributed by atoms with Gasteiger partial charge in [-0.05, 0) is 44.7 Å². The highest BCUT2D eigenvalue weighted by Crippen LogP contribution is 2.39. The lowest BCUT2D eigenvalue weighted by atomic mass is 9.92. The molecule has 10 heteroatoms. The molecule has 1 aliphatic carbocycles. The Hall–Kier alpha value is -3.40. The van der Waals surface area contributed by atoms with E-state index in [1.54, 1.807) is 14.0 Å². The van der Waals surface area contributed by atoms with Crippen LogP contribution in [0.25, 0.3) is 17.0 Å². The fourth-order valence-corrected chi connectivity index (χ4v) is 4.67. The number of nitrogens with zero attached hydrogens (tertiary/aromatic N) is 6. The molecule has 0 bridgehead atoms. The molecule has 4 aromatic rings. The minimum Gasteiger partial charge on any atom is -0.373 e. The lowest BCUT2D eigenvalue weighted by Gasteiger charge is -2.28. The molecule has 2 aliphatic rings. The smallest absolute Gasteiger partial charge is 0.335 e. The van der Waals surface area contributed by atoms with Gasteiger partial charge in [0.2, 0.25) is 0 Å². The Morgan fingerprint density at radius 1 is 1.15 bits per heavy atom. The second kappa shape index (κ2) is 7.83. The number of imidazole rings is 1. The van der Waals surface area contributed by atoms with Gasteiger partial charge in [0.05, 0.1) is 29.6 Å². The van der Waals surface area contributed by atoms with Gasteiger partial charge in [-0.3, -0.25) is 9.25 Å². The van der Waals surface area contributed by atoms with E-state index in [2.05, 4.69) is 16.3 Å². The van der Waals surface area contributed by atoms with E-state index in [1.165, 1.54) is 15.0 Å². The predicted octanol–water partition coefficient (Wildman–Crippen LogP) is 3.85. The van der Waals surface area contributed by atoms with Gasteiger partial charge in [-0.15, -0.1) is 0 Å². The Morgan fingerprint density at radius 2 is 1.97 bits per heavy atom. The normalized spacial score (nSPS) is 20.8. The van der Waals surface area contributed by atoms with Crippen molar-refractivity contribution in [3.63, 3.8) is 0 Å². The molecule has 8 nitrogen and oxygen atoms in total. The van der Waals surface area contributed by atoms with Crippen LogP contribution >= 0.6 is 0 Å². The van der Waals surface area contributed by atoms with Crippen LogP contribution in [-0.4, -0.2) is 35.3 Å². The average molecular weight is 466 g/mol. The van der Waals surface area contributed by atoms with E-state index in [-0.39, 0.29) is 29.1 Å². The van der Waals surface area contributed by atoms with Crippen molar-refractivity contribution in [3.8, 4) is 11.4 Å². The molecule has 4 heterocycles. The molecule has 1 aliphatic heterocycles. The van der Waals surface area contributed by atoms with Crippen molar-refractivity contribution < 1.29 is 13.5 Å². The van der Waals surface area contributed by atoms with Gasteiger partial charge < -0.3 is 4.74 Å². The molecule has 0 amide bonds. The number of benzene rings is 1. The molecule has 0 spiro atoms. The summed E-state index contributed by atoms with van der Waals surface area (Å²) in [6, 6.07) is 3.76. The van der Waals surface area contributed by atoms with E-state index < -0.39 is 11.6 Å². The lowest BCUT2D eigenvalue weighted by Crippen LogP contribution is -2.23. The van der Waals surface area contributed by atoms with Crippen molar-refractivity contribution in [1.29, 1.82) is 0 Å². The van der Waals surface area contributed by atoms with Crippen LogP contribution in [0.3, 0.4) is 0 Å². The topological polar surface area (TPSA) is 79.2 Å². The van der Waals surface area contributed by atoms with Gasteiger partial charge >= 0.3 is 5.69 Å². The largest absolute Gasteiger partial charge is 0.373 e. The molecule has 1 aromatic carbocycles. The highest BCUT2D eigenvalue weighted by Gasteiger charge is 2.31. The van der Waals surface area contributed by atoms with Crippen molar-refractivity contribution in [2.24, 2.45) is 7.05 Å². The first-order valence-corrected chi connectivity index (χ1v) is 11.5. The summed E-state index contributed by atoms with van der Waals surface area (Å²) in [4.78, 5) is 22.3. The third-order valence-electron chi connectivity index (χ3n) is 6.90. The van der Waals surface area contributed by atoms with E-state index in [0.29, 0.717) is 42.7 Å². The molecule has 1 saturated carbocycles. The van der Waals surface area contributed by atoms with Crippen LogP contribution in [0.2, 0.25) is 0 Å². The molecule has 34 heavy (non-hydrogen) atoms. The maximum Gasteiger partial charge on any atom is 0.335 e. The van der Waals surface area contributed by atoms with Gasteiger partial charge in [0.15, 0.2) is 11.5 Å². The summed E-state index contributed by atoms with van der Waals surface area (Å²) in [5.41, 5.74) is 1.76. The highest BCUT2D eigenvalue weighted by atomic mass is 19.1. The van der Waals surface area contributed by atoms with Crippen LogP contribution in [0.4, 0.5) is 8.78 Å². The molecule has 2 fully saturated rings. The summed E-state index contributed by atoms with van der Waals surface area (Å²) in [7, 11) is 1.64. The molecular formula is C24H24F2N6O2. The maximum absolute atomic E-state index is 14.8. The fourth-order valence-electron chi connectivity index (χ4n) is 4.67. The first-order chi connectivity index (χ1) is 16.4. The van der Waals surface area contributed by atoms with Crippen LogP contribution in [0, 0.1) is 18.6 Å². The highest BCUT2D eigenvalue weighted by molar-refractivity contribution is 5.61. The molecule has 2 atom stereocenters. The number of rotatable bonds is 4. The summed E-state index contributed by atoms with van der Waals surface area (Å²) in [5.74, 6) is -0.879. The number of fused-ring (bicyclic) bond motifs is 1. The third kappa shape index (κ3) is 3.44. The van der Waals surface area contributed by atoms with Gasteiger partial charge in [0, 0.05) is 37.4 Å². The minimum atomic E-state index is -0.781. The number of aromatic nitrogens is 6. The van der Waals surface area contributed by atoms with Gasteiger partial charge in [0.1, 0.15) is 17.5 Å². The summed E-state index contributed by atoms with van der Waals surface area (Å²) >= 11 is 0. The lowest BCUT2D eigenvalue weighted by molar-refractivity contribution is 0.00393. The molecule has 1 saturated heterocycles. The molecule has 0 unspecified atom stereocenters. The number of ether oxygens (including phenoxy) is 1. The molecule has 0 N–H and O–H groups in total. The Labute approximate surface area is 193 Å². The molecule has 6 rings (SSSR count). The maximum atomic E-state index is 14.8. The fraction of sp³-hybridized carbons (Fsp3) is 0.417. The molecule has 0 radical (unpaired) electrons. The zero-order valence-electron chi connectivity index (χ0n) is 18.9. The second-order valence-corrected chi connectivity index (χ2v) is 9.18. The Bertz CT molecular complexity index is 1470. The Kier molecular flexibility index (Phi) is 4.87. The number of hydrogen-bond acceptors (Lipinski definition) is 5. The number of aryl methyl sites for hydroxylation is 1. The summed E-state index contributed by atoms with van der Waals surface area (Å²) in [6.45, 7) is 2.32. The van der Waals surface area contributed by atoms with Crippen LogP contribution < -0.4 is 5.69 Å². The number of hydrogen-bond donors (Lipinski definition) is 0. The zero-order valence-corrected chi connectivity index (χ0v) is 18.9. The van der Waals surface area contributed by atoms with Crippen molar-refractivity contribution >= 4 is 5.65 Å². The quantitative estimate of drug-likeness (QED) is 0.457. The molecule has 3 aromatic heterocycles. The Balaban J connectivity index is 1.44. The van der Waals surface area contributed by atoms with Gasteiger partial charge in [-0.2, -0.15) is 5.10 Å². The first kappa shape index (κ1) is 21.2. The average Bonchev–Trinajstić information content (AvgIpc) is 3.53. The standard InChI is InChI=1S/C24H24F2N6O2/c1-13-22-28-21(14-7-8-34-20(9-14)15-11-27-31(12-15)17-4-5-17)29-23(32(22)24(33)30(13)2)18-6-3-16(25)10-19(18)26/h3,6,10-12,14,17,20H,4-5,7-9H2,1-2H3/t14-,20+/m0/s1. The van der Waals surface area contributed by atoms with Gasteiger partial charge in [-0.25, -0.2) is 27.9 Å². The van der Waals surface area contributed by atoms with Crippen LogP contribution in [0.5, 0.6) is 0 Å². The molecule has 176 valence electrons. The minimum absolute atomic E-state index is 0.0509. The van der Waals surface area contributed by atoms with Gasteiger partial charge in [0.25, 0.3) is 0 Å². The van der Waals surface area contributed by atoms with E-state index in [9.17, 15) is 13.6 Å². The Morgan fingerprint density at radius 3 is 2.74 bits per heavy atom. The third-order valence-corrected chi connectivity index (χ3v) is 6.90. The molecular weight excluding hydrogens is 442 g/mol. The monoisotopic (exact) mass is 466 g/mol. The van der Waals surface area contributed by atoms with E-state index in [0.717, 1.165) is 30.5 Å². The predicted molar refractivity (Wildman–Crippen MR) is 119 cm³/mol. The summed E-state index contributed by atoms with van der Waals surface area (Å²) in [6.07, 6.45) is 7.42. The van der Waals surface area contributed by atoms with Crippen molar-refractivity contribution in [3.05, 3.63) is 69.8 Å². The summed E-state index contributed by atoms with van der Waals surface area (Å²) in [5, 5.41) is 4.48. The van der Waals surface area contributed by atoms with E-state index >= 15 is 0 Å². The zero-order chi connectivity index (χ0) is 23.6. The van der Waals surface area contributed by atoms with Crippen molar-refractivity contribution in [1.82, 2.24) is 28.7 Å². The van der Waals surface area contributed by atoms with Crippen molar-refractivity contribution in [2.45, 2.75) is 50.7 Å². The van der Waals surface area contributed by atoms with Crippen LogP contribution in [0.15, 0.2) is 35.4 Å². The van der Waals surface area contributed by atoms with Crippen LogP contribution in [0.1, 0.15) is 60.8 Å². The SMILES string of the molecule is Cc1c2nc([C@H]3CCO[C@@H](c4cnn(C5CC5)c4)C3)nc(-c3ccc(F)cc3F)n2c(=O)n1C. The van der Waals surface area contributed by atoms with Gasteiger partial charge in [-0.1, -0.05) is 0 Å². The first-order valence-electron chi connectivity index (χ1n) is 11.5.